The highest BCUT2D eigenvalue weighted by Gasteiger charge is 2.08. The number of carbonyl (C=O) groups is 1. The topological polar surface area (TPSA) is 46.9 Å². The molecule has 25 heavy (non-hydrogen) atoms. The van der Waals surface area contributed by atoms with Crippen LogP contribution in [0.4, 0.5) is 0 Å². The molecule has 0 saturated heterocycles. The average Bonchev–Trinajstić information content (AvgIpc) is 3.06. The summed E-state index contributed by atoms with van der Waals surface area (Å²) >= 11 is 1.68. The Balaban J connectivity index is 1.50. The van der Waals surface area contributed by atoms with Crippen molar-refractivity contribution in [2.24, 2.45) is 7.05 Å². The monoisotopic (exact) mass is 355 g/mol. The van der Waals surface area contributed by atoms with Crippen LogP contribution in [0.1, 0.15) is 48.0 Å². The Bertz CT molecular complexity index is 751. The Morgan fingerprint density at radius 1 is 1.36 bits per heavy atom. The third kappa shape index (κ3) is 5.23. The highest BCUT2D eigenvalue weighted by Crippen LogP contribution is 2.21. The van der Waals surface area contributed by atoms with Crippen molar-refractivity contribution >= 4 is 17.7 Å². The predicted molar refractivity (Wildman–Crippen MR) is 103 cm³/mol. The molecule has 0 bridgehead atoms. The van der Waals surface area contributed by atoms with Gasteiger partial charge in [0.05, 0.1) is 0 Å². The molecule has 0 unspecified atom stereocenters. The van der Waals surface area contributed by atoms with Crippen LogP contribution in [-0.2, 0) is 12.8 Å². The lowest BCUT2D eigenvalue weighted by Crippen LogP contribution is -2.25. The average molecular weight is 356 g/mol. The minimum absolute atomic E-state index is 0.0141. The smallest absolute Gasteiger partial charge is 0.251 e. The van der Waals surface area contributed by atoms with Gasteiger partial charge in [-0.25, -0.2) is 4.98 Å². The summed E-state index contributed by atoms with van der Waals surface area (Å²) in [5, 5.41) is 4.03. The quantitative estimate of drug-likeness (QED) is 0.594. The number of amides is 1. The number of benzene rings is 1. The first-order chi connectivity index (χ1) is 12.2. The molecule has 4 nitrogen and oxygen atoms in total. The van der Waals surface area contributed by atoms with Crippen molar-refractivity contribution in [1.82, 2.24) is 14.9 Å². The molecule has 0 radical (unpaired) electrons. The number of carbonyl (C=O) groups excluding carboxylic acids is 1. The number of thioether (sulfide) groups is 1. The van der Waals surface area contributed by atoms with Crippen LogP contribution in [0.15, 0.2) is 53.5 Å². The fraction of sp³-hybridized carbons (Fsp3) is 0.400. The lowest BCUT2D eigenvalue weighted by Gasteiger charge is -2.13. The van der Waals surface area contributed by atoms with E-state index < -0.39 is 0 Å². The highest BCUT2D eigenvalue weighted by atomic mass is 32.2. The molecule has 0 fully saturated rings. The highest BCUT2D eigenvalue weighted by molar-refractivity contribution is 7.98. The number of imidazole rings is 1. The van der Waals surface area contributed by atoms with Crippen molar-refractivity contribution in [1.29, 1.82) is 0 Å². The van der Waals surface area contributed by atoms with Crippen molar-refractivity contribution in [3.63, 3.8) is 0 Å². The summed E-state index contributed by atoms with van der Waals surface area (Å²) in [5.74, 6) is 0.819. The fourth-order valence-electron chi connectivity index (χ4n) is 3.01. The van der Waals surface area contributed by atoms with E-state index in [0.717, 1.165) is 35.0 Å². The maximum absolute atomic E-state index is 12.4. The van der Waals surface area contributed by atoms with Crippen LogP contribution in [-0.4, -0.2) is 22.0 Å². The van der Waals surface area contributed by atoms with Gasteiger partial charge in [0.2, 0.25) is 0 Å². The summed E-state index contributed by atoms with van der Waals surface area (Å²) in [6, 6.07) is 7.86. The zero-order valence-electron chi connectivity index (χ0n) is 14.7. The predicted octanol–water partition coefficient (Wildman–Crippen LogP) is 4.33. The van der Waals surface area contributed by atoms with E-state index in [4.69, 9.17) is 0 Å². The minimum atomic E-state index is 0.0141. The van der Waals surface area contributed by atoms with Gasteiger partial charge in [0.1, 0.15) is 0 Å². The summed E-state index contributed by atoms with van der Waals surface area (Å²) in [5.41, 5.74) is 3.36. The van der Waals surface area contributed by atoms with Crippen molar-refractivity contribution in [3.05, 3.63) is 59.4 Å². The second-order valence-corrected chi connectivity index (χ2v) is 7.37. The number of nitrogens with zero attached hydrogens (tertiary/aromatic N) is 2. The van der Waals surface area contributed by atoms with Crippen LogP contribution in [0, 0.1) is 0 Å². The van der Waals surface area contributed by atoms with Crippen molar-refractivity contribution in [3.8, 4) is 0 Å². The molecule has 1 aliphatic carbocycles. The maximum Gasteiger partial charge on any atom is 0.251 e. The first kappa shape index (κ1) is 17.8. The number of hydrogen-bond donors (Lipinski definition) is 1. The number of aryl methyl sites for hydroxylation is 1. The summed E-state index contributed by atoms with van der Waals surface area (Å²) in [4.78, 5) is 16.7. The van der Waals surface area contributed by atoms with Crippen molar-refractivity contribution < 1.29 is 4.79 Å². The van der Waals surface area contributed by atoms with Gasteiger partial charge in [-0.3, -0.25) is 4.79 Å². The third-order valence-corrected chi connectivity index (χ3v) is 5.58. The Labute approximate surface area is 153 Å². The minimum Gasteiger partial charge on any atom is -0.352 e. The standard InChI is InChI=1S/C20H25N3OS/c1-23-13-12-22-20(23)25-15-17-8-5-9-18(14-17)19(24)21-11-10-16-6-3-2-4-7-16/h5-6,8-9,12-14H,2-4,7,10-11,15H2,1H3,(H,21,24). The Hall–Kier alpha value is -2.01. The van der Waals surface area contributed by atoms with Crippen LogP contribution in [0.3, 0.4) is 0 Å². The van der Waals surface area contributed by atoms with Gasteiger partial charge in [-0.15, -0.1) is 0 Å². The first-order valence-electron chi connectivity index (χ1n) is 8.87. The van der Waals surface area contributed by atoms with E-state index in [1.54, 1.807) is 18.0 Å². The maximum atomic E-state index is 12.4. The van der Waals surface area contributed by atoms with Gasteiger partial charge < -0.3 is 9.88 Å². The molecule has 3 rings (SSSR count). The zero-order valence-corrected chi connectivity index (χ0v) is 15.5. The third-order valence-electron chi connectivity index (χ3n) is 4.45. The zero-order chi connectivity index (χ0) is 17.5. The van der Waals surface area contributed by atoms with Gasteiger partial charge in [0, 0.05) is 37.3 Å². The van der Waals surface area contributed by atoms with Crippen LogP contribution in [0.5, 0.6) is 0 Å². The summed E-state index contributed by atoms with van der Waals surface area (Å²) < 4.78 is 2.00. The molecule has 1 aromatic heterocycles. The Morgan fingerprint density at radius 2 is 2.28 bits per heavy atom. The molecular formula is C20H25N3OS. The number of aromatic nitrogens is 2. The molecule has 132 valence electrons. The van der Waals surface area contributed by atoms with Gasteiger partial charge in [-0.05, 0) is 49.8 Å². The van der Waals surface area contributed by atoms with Crippen molar-refractivity contribution in [2.45, 2.75) is 43.0 Å². The SMILES string of the molecule is Cn1ccnc1SCc1cccc(C(=O)NCCC2=CCCCC2)c1. The lowest BCUT2D eigenvalue weighted by molar-refractivity contribution is 0.0954. The second-order valence-electron chi connectivity index (χ2n) is 6.42. The molecule has 2 aromatic rings. The molecule has 0 aliphatic heterocycles. The largest absolute Gasteiger partial charge is 0.352 e. The van der Waals surface area contributed by atoms with Gasteiger partial charge in [-0.2, -0.15) is 0 Å². The lowest BCUT2D eigenvalue weighted by atomic mass is 9.97. The van der Waals surface area contributed by atoms with Crippen LogP contribution < -0.4 is 5.32 Å². The van der Waals surface area contributed by atoms with E-state index in [1.165, 1.54) is 31.3 Å². The molecule has 1 amide bonds. The molecule has 1 heterocycles. The molecule has 0 atom stereocenters. The number of rotatable bonds is 7. The van der Waals surface area contributed by atoms with E-state index in [0.29, 0.717) is 0 Å². The van der Waals surface area contributed by atoms with E-state index in [9.17, 15) is 4.79 Å². The van der Waals surface area contributed by atoms with Crippen molar-refractivity contribution in [2.75, 3.05) is 6.54 Å². The Morgan fingerprint density at radius 3 is 3.04 bits per heavy atom. The first-order valence-corrected chi connectivity index (χ1v) is 9.86. The second kappa shape index (κ2) is 8.90. The Kier molecular flexibility index (Phi) is 6.34. The number of allylic oxidation sites excluding steroid dienone is 1. The molecule has 1 N–H and O–H groups in total. The van der Waals surface area contributed by atoms with E-state index in [-0.39, 0.29) is 5.91 Å². The molecule has 0 saturated carbocycles. The van der Waals surface area contributed by atoms with Gasteiger partial charge in [0.25, 0.3) is 5.91 Å². The van der Waals surface area contributed by atoms with Gasteiger partial charge >= 0.3 is 0 Å². The normalized spacial score (nSPS) is 14.2. The van der Waals surface area contributed by atoms with E-state index >= 15 is 0 Å². The molecule has 0 spiro atoms. The molecule has 5 heteroatoms. The van der Waals surface area contributed by atoms with Crippen LogP contribution in [0.2, 0.25) is 0 Å². The van der Waals surface area contributed by atoms with Gasteiger partial charge in [-0.1, -0.05) is 35.5 Å². The molecule has 1 aliphatic rings. The van der Waals surface area contributed by atoms with E-state index in [2.05, 4.69) is 22.4 Å². The molecular weight excluding hydrogens is 330 g/mol. The number of hydrogen-bond acceptors (Lipinski definition) is 3. The van der Waals surface area contributed by atoms with E-state index in [1.807, 2.05) is 36.0 Å². The summed E-state index contributed by atoms with van der Waals surface area (Å²) in [6.07, 6.45) is 12.0. The summed E-state index contributed by atoms with van der Waals surface area (Å²) in [7, 11) is 1.99. The van der Waals surface area contributed by atoms with Crippen LogP contribution >= 0.6 is 11.8 Å². The van der Waals surface area contributed by atoms with Crippen LogP contribution in [0.25, 0.3) is 0 Å². The molecule has 1 aromatic carbocycles. The summed E-state index contributed by atoms with van der Waals surface area (Å²) in [6.45, 7) is 0.719. The van der Waals surface area contributed by atoms with Gasteiger partial charge in [0.15, 0.2) is 5.16 Å². The fourth-order valence-corrected chi connectivity index (χ4v) is 3.89. The number of nitrogens with one attached hydrogen (secondary N) is 1.